The Labute approximate surface area is 138 Å². The van der Waals surface area contributed by atoms with Gasteiger partial charge in [-0.2, -0.15) is 5.26 Å². The van der Waals surface area contributed by atoms with E-state index in [0.29, 0.717) is 30.7 Å². The summed E-state index contributed by atoms with van der Waals surface area (Å²) in [5, 5.41) is 19.9. The Morgan fingerprint density at radius 2 is 1.96 bits per heavy atom. The maximum absolute atomic E-state index is 13.0. The van der Waals surface area contributed by atoms with Crippen LogP contribution in [0, 0.1) is 34.5 Å². The summed E-state index contributed by atoms with van der Waals surface area (Å²) in [6.45, 7) is 4.73. The molecule has 128 valence electrons. The second kappa shape index (κ2) is 5.75. The Hall–Kier alpha value is -1.12. The highest BCUT2D eigenvalue weighted by Crippen LogP contribution is 2.62. The minimum absolute atomic E-state index is 0.0952. The molecule has 3 N–H and O–H groups in total. The Morgan fingerprint density at radius 1 is 1.35 bits per heavy atom. The molecule has 5 heteroatoms. The number of nitrogens with two attached hydrogens (primary N) is 1. The zero-order valence-corrected chi connectivity index (χ0v) is 14.3. The van der Waals surface area contributed by atoms with Gasteiger partial charge in [0.25, 0.3) is 0 Å². The predicted octanol–water partition coefficient (Wildman–Crippen LogP) is 1.65. The maximum atomic E-state index is 13.0. The number of rotatable bonds is 5. The molecule has 4 aliphatic rings. The maximum Gasteiger partial charge on any atom is 0.240 e. The third-order valence-electron chi connectivity index (χ3n) is 6.16. The van der Waals surface area contributed by atoms with Crippen LogP contribution < -0.4 is 5.73 Å². The van der Waals surface area contributed by atoms with Gasteiger partial charge in [-0.15, -0.1) is 0 Å². The van der Waals surface area contributed by atoms with Crippen molar-refractivity contribution >= 4 is 5.91 Å². The zero-order chi connectivity index (χ0) is 16.8. The molecule has 4 rings (SSSR count). The highest BCUT2D eigenvalue weighted by Gasteiger charge is 2.60. The Balaban J connectivity index is 1.80. The summed E-state index contributed by atoms with van der Waals surface area (Å²) in [6, 6.07) is 1.50. The van der Waals surface area contributed by atoms with E-state index in [4.69, 9.17) is 11.0 Å². The molecule has 4 bridgehead atoms. The third kappa shape index (κ3) is 2.99. The van der Waals surface area contributed by atoms with Crippen LogP contribution in [0.2, 0.25) is 0 Å². The van der Waals surface area contributed by atoms with Crippen molar-refractivity contribution in [1.82, 2.24) is 4.90 Å². The van der Waals surface area contributed by atoms with E-state index >= 15 is 0 Å². The van der Waals surface area contributed by atoms with Gasteiger partial charge in [-0.3, -0.25) is 4.79 Å². The monoisotopic (exact) mass is 319 g/mol. The number of hydrogen-bond acceptors (Lipinski definition) is 4. The summed E-state index contributed by atoms with van der Waals surface area (Å²) in [7, 11) is 0. The summed E-state index contributed by atoms with van der Waals surface area (Å²) >= 11 is 0. The number of carbonyl (C=O) groups excluding carboxylic acids is 1. The van der Waals surface area contributed by atoms with Crippen LogP contribution in [0.1, 0.15) is 52.4 Å². The van der Waals surface area contributed by atoms with Crippen molar-refractivity contribution < 1.29 is 9.90 Å². The number of hydrogen-bond donors (Lipinski definition) is 2. The molecule has 0 aliphatic heterocycles. The molecule has 0 aromatic heterocycles. The van der Waals surface area contributed by atoms with Gasteiger partial charge in [-0.1, -0.05) is 13.8 Å². The molecule has 0 saturated heterocycles. The van der Waals surface area contributed by atoms with Crippen LogP contribution in [0.5, 0.6) is 0 Å². The van der Waals surface area contributed by atoms with Crippen molar-refractivity contribution in [2.45, 2.75) is 64.0 Å². The van der Waals surface area contributed by atoms with Gasteiger partial charge in [-0.05, 0) is 61.7 Å². The average Bonchev–Trinajstić information content (AvgIpc) is 2.42. The minimum Gasteiger partial charge on any atom is -0.390 e. The van der Waals surface area contributed by atoms with Gasteiger partial charge in [0.2, 0.25) is 5.91 Å². The van der Waals surface area contributed by atoms with E-state index in [1.807, 2.05) is 13.8 Å². The van der Waals surface area contributed by atoms with Crippen LogP contribution in [0.4, 0.5) is 0 Å². The van der Waals surface area contributed by atoms with Gasteiger partial charge in [-0.25, -0.2) is 0 Å². The summed E-state index contributed by atoms with van der Waals surface area (Å²) in [6.07, 6.45) is 5.50. The quantitative estimate of drug-likeness (QED) is 0.754. The highest BCUT2D eigenvalue weighted by molar-refractivity contribution is 5.83. The fourth-order valence-corrected chi connectivity index (χ4v) is 5.87. The van der Waals surface area contributed by atoms with Gasteiger partial charge in [0.05, 0.1) is 17.7 Å². The van der Waals surface area contributed by atoms with Gasteiger partial charge >= 0.3 is 0 Å². The first kappa shape index (κ1) is 16.7. The summed E-state index contributed by atoms with van der Waals surface area (Å²) in [5.41, 5.74) is 5.60. The normalized spacial score (nSPS) is 39.3. The van der Waals surface area contributed by atoms with Crippen LogP contribution in [0.15, 0.2) is 0 Å². The van der Waals surface area contributed by atoms with E-state index in [0.717, 1.165) is 25.7 Å². The molecule has 0 radical (unpaired) electrons. The summed E-state index contributed by atoms with van der Waals surface area (Å²) < 4.78 is 0. The molecule has 4 saturated carbocycles. The highest BCUT2D eigenvalue weighted by atomic mass is 16.3. The van der Waals surface area contributed by atoms with Crippen molar-refractivity contribution in [2.24, 2.45) is 28.9 Å². The average molecular weight is 319 g/mol. The molecule has 23 heavy (non-hydrogen) atoms. The lowest BCUT2D eigenvalue weighted by molar-refractivity contribution is -0.177. The standard InChI is InChI=1S/C18H29N3O2/c1-12(2)10-21(4-3-19)16(22)15(20)17-6-13-5-14(7-17)9-18(23,8-13)11-17/h12-15,23H,4-11,20H2,1-2H3/t13?,14?,15-,17?,18?/m1/s1. The molecule has 2 unspecified atom stereocenters. The number of nitrogens with zero attached hydrogens (tertiary/aromatic N) is 2. The summed E-state index contributed by atoms with van der Waals surface area (Å²) in [5.74, 6) is 1.22. The molecule has 1 amide bonds. The van der Waals surface area contributed by atoms with Crippen LogP contribution in [-0.4, -0.2) is 40.6 Å². The minimum atomic E-state index is -0.611. The molecule has 4 aliphatic carbocycles. The molecular formula is C18H29N3O2. The van der Waals surface area contributed by atoms with Crippen molar-refractivity contribution in [3.05, 3.63) is 0 Å². The molecule has 4 fully saturated rings. The second-order valence-electron chi connectivity index (χ2n) is 8.80. The lowest BCUT2D eigenvalue weighted by Gasteiger charge is -2.61. The molecule has 5 nitrogen and oxygen atoms in total. The van der Waals surface area contributed by atoms with Crippen molar-refractivity contribution in [3.63, 3.8) is 0 Å². The molecule has 0 spiro atoms. The summed E-state index contributed by atoms with van der Waals surface area (Å²) in [4.78, 5) is 14.6. The first-order chi connectivity index (χ1) is 10.8. The van der Waals surface area contributed by atoms with Crippen LogP contribution in [0.3, 0.4) is 0 Å². The van der Waals surface area contributed by atoms with Gasteiger partial charge in [0, 0.05) is 6.54 Å². The largest absolute Gasteiger partial charge is 0.390 e. The van der Waals surface area contributed by atoms with Crippen LogP contribution >= 0.6 is 0 Å². The lowest BCUT2D eigenvalue weighted by Crippen LogP contribution is -2.64. The third-order valence-corrected chi connectivity index (χ3v) is 6.16. The van der Waals surface area contributed by atoms with E-state index in [-0.39, 0.29) is 17.9 Å². The number of nitriles is 1. The molecular weight excluding hydrogens is 290 g/mol. The van der Waals surface area contributed by atoms with Crippen LogP contribution in [0.25, 0.3) is 0 Å². The topological polar surface area (TPSA) is 90.4 Å². The first-order valence-corrected chi connectivity index (χ1v) is 8.91. The van der Waals surface area contributed by atoms with E-state index in [2.05, 4.69) is 6.07 Å². The predicted molar refractivity (Wildman–Crippen MR) is 87.1 cm³/mol. The van der Waals surface area contributed by atoms with Crippen molar-refractivity contribution in [1.29, 1.82) is 5.26 Å². The number of aliphatic hydroxyl groups is 1. The van der Waals surface area contributed by atoms with E-state index in [1.165, 1.54) is 6.42 Å². The van der Waals surface area contributed by atoms with E-state index < -0.39 is 11.6 Å². The van der Waals surface area contributed by atoms with Crippen molar-refractivity contribution in [2.75, 3.05) is 13.1 Å². The van der Waals surface area contributed by atoms with E-state index in [1.54, 1.807) is 4.90 Å². The van der Waals surface area contributed by atoms with Gasteiger partial charge in [0.15, 0.2) is 0 Å². The lowest BCUT2D eigenvalue weighted by atomic mass is 9.46. The van der Waals surface area contributed by atoms with Crippen LogP contribution in [-0.2, 0) is 4.79 Å². The Morgan fingerprint density at radius 3 is 2.43 bits per heavy atom. The zero-order valence-electron chi connectivity index (χ0n) is 14.3. The molecule has 0 aromatic carbocycles. The van der Waals surface area contributed by atoms with E-state index in [9.17, 15) is 9.90 Å². The molecule has 0 aromatic rings. The number of carbonyl (C=O) groups is 1. The fourth-order valence-electron chi connectivity index (χ4n) is 5.87. The molecule has 3 atom stereocenters. The SMILES string of the molecule is CC(C)CN(CC#N)C(=O)[C@@H](N)C12CC3CC(CC(O)(C3)C1)C2. The number of amides is 1. The van der Waals surface area contributed by atoms with Gasteiger partial charge < -0.3 is 15.7 Å². The smallest absolute Gasteiger partial charge is 0.240 e. The van der Waals surface area contributed by atoms with Gasteiger partial charge in [0.1, 0.15) is 6.54 Å². The molecule has 0 heterocycles. The Bertz CT molecular complexity index is 511. The fraction of sp³-hybridized carbons (Fsp3) is 0.889. The second-order valence-corrected chi connectivity index (χ2v) is 8.80. The van der Waals surface area contributed by atoms with Crippen molar-refractivity contribution in [3.8, 4) is 6.07 Å². The Kier molecular flexibility index (Phi) is 4.18. The first-order valence-electron chi connectivity index (χ1n) is 8.91.